The number of amides is 1. The van der Waals surface area contributed by atoms with E-state index in [4.69, 9.17) is 4.74 Å². The SMILES string of the molecule is COc1ccc([N+](=O)[O-])cc1C(=O)Nc1cc(F)c(I)c(F)c1. The number of methoxy groups -OCH3 is 1. The number of anilines is 1. The summed E-state index contributed by atoms with van der Waals surface area (Å²) in [5.41, 5.74) is -0.545. The van der Waals surface area contributed by atoms with Crippen LogP contribution in [-0.4, -0.2) is 17.9 Å². The van der Waals surface area contributed by atoms with Crippen LogP contribution in [0.1, 0.15) is 10.4 Å². The summed E-state index contributed by atoms with van der Waals surface area (Å²) in [5.74, 6) is -2.34. The number of nitro groups is 1. The maximum atomic E-state index is 13.5. The first kappa shape index (κ1) is 17.1. The van der Waals surface area contributed by atoms with Crippen molar-refractivity contribution in [2.24, 2.45) is 0 Å². The number of hydrogen-bond acceptors (Lipinski definition) is 4. The van der Waals surface area contributed by atoms with Gasteiger partial charge in [0.2, 0.25) is 0 Å². The lowest BCUT2D eigenvalue weighted by atomic mass is 10.1. The van der Waals surface area contributed by atoms with Gasteiger partial charge in [-0.2, -0.15) is 0 Å². The van der Waals surface area contributed by atoms with Crippen LogP contribution in [0.15, 0.2) is 30.3 Å². The normalized spacial score (nSPS) is 10.3. The van der Waals surface area contributed by atoms with E-state index in [0.29, 0.717) is 0 Å². The van der Waals surface area contributed by atoms with Crippen molar-refractivity contribution in [2.45, 2.75) is 0 Å². The fraction of sp³-hybridized carbons (Fsp3) is 0.0714. The van der Waals surface area contributed by atoms with Crippen LogP contribution in [0.3, 0.4) is 0 Å². The van der Waals surface area contributed by atoms with Crippen molar-refractivity contribution < 1.29 is 23.2 Å². The molecule has 1 N–H and O–H groups in total. The Morgan fingerprint density at radius 3 is 2.39 bits per heavy atom. The van der Waals surface area contributed by atoms with Crippen LogP contribution in [0.5, 0.6) is 5.75 Å². The molecule has 0 bridgehead atoms. The number of rotatable bonds is 4. The molecule has 0 atom stereocenters. The Labute approximate surface area is 142 Å². The van der Waals surface area contributed by atoms with Gasteiger partial charge in [0.15, 0.2) is 0 Å². The summed E-state index contributed by atoms with van der Waals surface area (Å²) in [7, 11) is 1.29. The fourth-order valence-corrected chi connectivity index (χ4v) is 2.12. The largest absolute Gasteiger partial charge is 0.496 e. The highest BCUT2D eigenvalue weighted by atomic mass is 127. The van der Waals surface area contributed by atoms with E-state index in [1.165, 1.54) is 41.8 Å². The summed E-state index contributed by atoms with van der Waals surface area (Å²) in [6, 6.07) is 5.37. The number of nitrogens with zero attached hydrogens (tertiary/aromatic N) is 1. The van der Waals surface area contributed by atoms with Gasteiger partial charge in [0.05, 0.1) is 21.2 Å². The minimum absolute atomic E-state index is 0.0968. The molecule has 1 amide bonds. The Morgan fingerprint density at radius 2 is 1.87 bits per heavy atom. The van der Waals surface area contributed by atoms with E-state index in [1.54, 1.807) is 0 Å². The van der Waals surface area contributed by atoms with Crippen molar-refractivity contribution in [3.8, 4) is 5.75 Å². The lowest BCUT2D eigenvalue weighted by Crippen LogP contribution is -2.14. The molecule has 0 aliphatic carbocycles. The molecular weight excluding hydrogens is 425 g/mol. The molecule has 0 radical (unpaired) electrons. The lowest BCUT2D eigenvalue weighted by Gasteiger charge is -2.10. The van der Waals surface area contributed by atoms with Crippen molar-refractivity contribution in [2.75, 3.05) is 12.4 Å². The number of nitrogens with one attached hydrogen (secondary N) is 1. The fourth-order valence-electron chi connectivity index (χ4n) is 1.81. The Balaban J connectivity index is 2.37. The molecule has 2 rings (SSSR count). The van der Waals surface area contributed by atoms with Gasteiger partial charge >= 0.3 is 0 Å². The van der Waals surface area contributed by atoms with Gasteiger partial charge in [-0.3, -0.25) is 14.9 Å². The third kappa shape index (κ3) is 3.73. The van der Waals surface area contributed by atoms with Crippen molar-refractivity contribution in [1.82, 2.24) is 0 Å². The molecule has 23 heavy (non-hydrogen) atoms. The lowest BCUT2D eigenvalue weighted by molar-refractivity contribution is -0.384. The second kappa shape index (κ2) is 6.86. The molecular formula is C14H9F2IN2O4. The standard InChI is InChI=1S/C14H9F2IN2O4/c1-23-12-3-2-8(19(21)22)6-9(12)14(20)18-7-4-10(15)13(17)11(16)5-7/h2-6H,1H3,(H,18,20). The van der Waals surface area contributed by atoms with Crippen LogP contribution in [0.4, 0.5) is 20.2 Å². The predicted octanol–water partition coefficient (Wildman–Crippen LogP) is 3.74. The molecule has 0 aromatic heterocycles. The quantitative estimate of drug-likeness (QED) is 0.344. The van der Waals surface area contributed by atoms with Gasteiger partial charge in [0, 0.05) is 17.8 Å². The summed E-state index contributed by atoms with van der Waals surface area (Å²) < 4.78 is 31.8. The molecule has 6 nitrogen and oxygen atoms in total. The third-order valence-electron chi connectivity index (χ3n) is 2.88. The van der Waals surface area contributed by atoms with Crippen molar-refractivity contribution in [3.05, 3.63) is 61.2 Å². The first-order valence-electron chi connectivity index (χ1n) is 6.11. The number of benzene rings is 2. The third-order valence-corrected chi connectivity index (χ3v) is 3.91. The van der Waals surface area contributed by atoms with Gasteiger partial charge in [-0.25, -0.2) is 8.78 Å². The molecule has 0 fully saturated rings. The van der Waals surface area contributed by atoms with Crippen LogP contribution in [0.2, 0.25) is 0 Å². The van der Waals surface area contributed by atoms with Gasteiger partial charge in [0.25, 0.3) is 11.6 Å². The van der Waals surface area contributed by atoms with Crippen LogP contribution < -0.4 is 10.1 Å². The molecule has 120 valence electrons. The van der Waals surface area contributed by atoms with E-state index in [2.05, 4.69) is 5.32 Å². The summed E-state index contributed by atoms with van der Waals surface area (Å²) in [6.07, 6.45) is 0. The zero-order valence-corrected chi connectivity index (χ0v) is 13.8. The Hall–Kier alpha value is -2.30. The van der Waals surface area contributed by atoms with E-state index in [9.17, 15) is 23.7 Å². The van der Waals surface area contributed by atoms with E-state index in [1.807, 2.05) is 0 Å². The van der Waals surface area contributed by atoms with Gasteiger partial charge in [-0.15, -0.1) is 0 Å². The molecule has 2 aromatic rings. The molecule has 0 spiro atoms. The highest BCUT2D eigenvalue weighted by molar-refractivity contribution is 14.1. The highest BCUT2D eigenvalue weighted by Crippen LogP contribution is 2.26. The topological polar surface area (TPSA) is 81.5 Å². The number of ether oxygens (including phenoxy) is 1. The summed E-state index contributed by atoms with van der Waals surface area (Å²) in [6.45, 7) is 0. The van der Waals surface area contributed by atoms with E-state index >= 15 is 0 Å². The van der Waals surface area contributed by atoms with Gasteiger partial charge < -0.3 is 10.1 Å². The van der Waals surface area contributed by atoms with E-state index in [-0.39, 0.29) is 26.3 Å². The number of carbonyl (C=O) groups is 1. The Morgan fingerprint density at radius 1 is 1.26 bits per heavy atom. The van der Waals surface area contributed by atoms with Crippen LogP contribution in [0, 0.1) is 25.3 Å². The average Bonchev–Trinajstić information content (AvgIpc) is 2.51. The summed E-state index contributed by atoms with van der Waals surface area (Å²) >= 11 is 1.50. The molecule has 0 heterocycles. The second-order valence-electron chi connectivity index (χ2n) is 4.35. The predicted molar refractivity (Wildman–Crippen MR) is 86.7 cm³/mol. The molecule has 0 saturated carbocycles. The zero-order chi connectivity index (χ0) is 17.1. The monoisotopic (exact) mass is 434 g/mol. The van der Waals surface area contributed by atoms with E-state index in [0.717, 1.165) is 18.2 Å². The van der Waals surface area contributed by atoms with Crippen molar-refractivity contribution >= 4 is 39.9 Å². The van der Waals surface area contributed by atoms with Gasteiger partial charge in [-0.05, 0) is 40.8 Å². The van der Waals surface area contributed by atoms with Gasteiger partial charge in [0.1, 0.15) is 17.4 Å². The Bertz CT molecular complexity index is 775. The van der Waals surface area contributed by atoms with Crippen LogP contribution in [0.25, 0.3) is 0 Å². The van der Waals surface area contributed by atoms with Gasteiger partial charge in [-0.1, -0.05) is 0 Å². The maximum Gasteiger partial charge on any atom is 0.270 e. The molecule has 0 aliphatic heterocycles. The first-order valence-corrected chi connectivity index (χ1v) is 7.19. The summed E-state index contributed by atoms with van der Waals surface area (Å²) in [5, 5.41) is 13.1. The average molecular weight is 434 g/mol. The number of non-ortho nitro benzene ring substituents is 1. The number of hydrogen-bond donors (Lipinski definition) is 1. The van der Waals surface area contributed by atoms with Crippen LogP contribution >= 0.6 is 22.6 Å². The summed E-state index contributed by atoms with van der Waals surface area (Å²) in [4.78, 5) is 22.3. The van der Waals surface area contributed by atoms with E-state index < -0.39 is 22.5 Å². The number of halogens is 3. The molecule has 2 aromatic carbocycles. The molecule has 0 saturated heterocycles. The number of nitro benzene ring substituents is 1. The first-order chi connectivity index (χ1) is 10.8. The molecule has 0 aliphatic rings. The second-order valence-corrected chi connectivity index (χ2v) is 5.43. The smallest absolute Gasteiger partial charge is 0.270 e. The number of carbonyl (C=O) groups excluding carboxylic acids is 1. The minimum Gasteiger partial charge on any atom is -0.496 e. The molecule has 9 heteroatoms. The van der Waals surface area contributed by atoms with Crippen molar-refractivity contribution in [3.63, 3.8) is 0 Å². The minimum atomic E-state index is -0.827. The van der Waals surface area contributed by atoms with Crippen molar-refractivity contribution in [1.29, 1.82) is 0 Å². The molecule has 0 unspecified atom stereocenters. The maximum absolute atomic E-state index is 13.5. The van der Waals surface area contributed by atoms with Crippen LogP contribution in [-0.2, 0) is 0 Å². The Kier molecular flexibility index (Phi) is 5.08. The highest BCUT2D eigenvalue weighted by Gasteiger charge is 2.18. The zero-order valence-electron chi connectivity index (χ0n) is 11.6.